The molecule has 1 saturated heterocycles. The first-order valence-electron chi connectivity index (χ1n) is 9.01. The van der Waals surface area contributed by atoms with E-state index in [0.29, 0.717) is 19.2 Å². The summed E-state index contributed by atoms with van der Waals surface area (Å²) in [6.45, 7) is 8.74. The molecule has 25 heavy (non-hydrogen) atoms. The lowest BCUT2D eigenvalue weighted by molar-refractivity contribution is 0.0608. The molecule has 0 amide bonds. The lowest BCUT2D eigenvalue weighted by atomic mass is 10.2. The first kappa shape index (κ1) is 17.9. The second-order valence-electron chi connectivity index (χ2n) is 6.96. The summed E-state index contributed by atoms with van der Waals surface area (Å²) in [4.78, 5) is 6.72. The summed E-state index contributed by atoms with van der Waals surface area (Å²) in [5.41, 5.74) is 1.20. The number of aryl methyl sites for hydroxylation is 3. The van der Waals surface area contributed by atoms with E-state index >= 15 is 0 Å². The van der Waals surface area contributed by atoms with Gasteiger partial charge in [0.05, 0.1) is 6.54 Å². The van der Waals surface area contributed by atoms with Crippen LogP contribution in [0, 0.1) is 20.8 Å². The summed E-state index contributed by atoms with van der Waals surface area (Å²) in [6.07, 6.45) is 1.78. The van der Waals surface area contributed by atoms with Crippen molar-refractivity contribution in [1.29, 1.82) is 0 Å². The van der Waals surface area contributed by atoms with E-state index in [1.54, 1.807) is 0 Å². The maximum atomic E-state index is 10.4. The molecule has 1 N–H and O–H groups in total. The number of aliphatic hydroxyl groups excluding tert-OH is 1. The Morgan fingerprint density at radius 2 is 2.00 bits per heavy atom. The van der Waals surface area contributed by atoms with Crippen LogP contribution in [0.4, 0.5) is 0 Å². The van der Waals surface area contributed by atoms with Crippen LogP contribution in [0.1, 0.15) is 30.1 Å². The van der Waals surface area contributed by atoms with E-state index in [0.717, 1.165) is 43.3 Å². The Kier molecular flexibility index (Phi) is 5.71. The third kappa shape index (κ3) is 4.80. The molecule has 2 heterocycles. The Labute approximate surface area is 149 Å². The number of nitrogens with zero attached hydrogens (tertiary/aromatic N) is 4. The summed E-state index contributed by atoms with van der Waals surface area (Å²) in [6, 6.07) is 8.31. The van der Waals surface area contributed by atoms with E-state index in [4.69, 9.17) is 4.74 Å². The molecule has 0 saturated carbocycles. The fourth-order valence-corrected chi connectivity index (χ4v) is 3.43. The molecule has 1 aliphatic heterocycles. The van der Waals surface area contributed by atoms with Crippen molar-refractivity contribution in [3.8, 4) is 5.75 Å². The van der Waals surface area contributed by atoms with Crippen molar-refractivity contribution in [3.05, 3.63) is 41.5 Å². The molecule has 6 nitrogen and oxygen atoms in total. The number of likely N-dealkylation sites (tertiary alicyclic amines) is 1. The maximum absolute atomic E-state index is 10.4. The predicted molar refractivity (Wildman–Crippen MR) is 96.8 cm³/mol. The zero-order valence-electron chi connectivity index (χ0n) is 15.4. The molecule has 3 rings (SSSR count). The zero-order valence-corrected chi connectivity index (χ0v) is 15.4. The van der Waals surface area contributed by atoms with Crippen molar-refractivity contribution in [2.75, 3.05) is 19.7 Å². The van der Waals surface area contributed by atoms with Gasteiger partial charge >= 0.3 is 0 Å². The van der Waals surface area contributed by atoms with Crippen LogP contribution in [0.5, 0.6) is 5.75 Å². The molecule has 1 aromatic carbocycles. The highest BCUT2D eigenvalue weighted by molar-refractivity contribution is 5.26. The second kappa shape index (κ2) is 7.97. The van der Waals surface area contributed by atoms with Crippen LogP contribution < -0.4 is 4.74 Å². The van der Waals surface area contributed by atoms with Gasteiger partial charge < -0.3 is 9.84 Å². The number of benzene rings is 1. The van der Waals surface area contributed by atoms with Crippen LogP contribution in [0.3, 0.4) is 0 Å². The first-order chi connectivity index (χ1) is 12.0. The van der Waals surface area contributed by atoms with Crippen molar-refractivity contribution in [1.82, 2.24) is 19.7 Å². The van der Waals surface area contributed by atoms with E-state index in [-0.39, 0.29) is 0 Å². The molecule has 1 aliphatic rings. The minimum atomic E-state index is -0.500. The summed E-state index contributed by atoms with van der Waals surface area (Å²) >= 11 is 0. The lowest BCUT2D eigenvalue weighted by Crippen LogP contribution is -2.40. The molecule has 2 aromatic rings. The molecule has 0 radical (unpaired) electrons. The van der Waals surface area contributed by atoms with Gasteiger partial charge in [0.25, 0.3) is 0 Å². The van der Waals surface area contributed by atoms with Crippen LogP contribution in [-0.4, -0.2) is 56.6 Å². The number of aliphatic hydroxyl groups is 1. The standard InChI is InChI=1S/C19H28N4O2/c1-14-6-8-19(9-7-14)25-13-18(24)12-22-10-4-5-17(22)11-23-16(3)20-15(2)21-23/h6-9,17-18,24H,4-5,10-13H2,1-3H3/t17-,18-/m1/s1. The number of rotatable bonds is 7. The number of ether oxygens (including phenoxy) is 1. The smallest absolute Gasteiger partial charge is 0.147 e. The summed E-state index contributed by atoms with van der Waals surface area (Å²) < 4.78 is 7.68. The van der Waals surface area contributed by atoms with E-state index in [9.17, 15) is 5.11 Å². The number of hydrogen-bond acceptors (Lipinski definition) is 5. The van der Waals surface area contributed by atoms with E-state index < -0.39 is 6.10 Å². The SMILES string of the molecule is Cc1ccc(OC[C@H](O)CN2CCC[C@@H]2Cn2nc(C)nc2C)cc1. The van der Waals surface area contributed by atoms with Gasteiger partial charge in [0, 0.05) is 12.6 Å². The fraction of sp³-hybridized carbons (Fsp3) is 0.579. The molecule has 0 spiro atoms. The molecule has 6 heteroatoms. The Balaban J connectivity index is 1.50. The Morgan fingerprint density at radius 1 is 1.24 bits per heavy atom. The summed E-state index contributed by atoms with van der Waals surface area (Å²) in [5.74, 6) is 2.57. The van der Waals surface area contributed by atoms with Crippen molar-refractivity contribution >= 4 is 0 Å². The van der Waals surface area contributed by atoms with Gasteiger partial charge in [0.2, 0.25) is 0 Å². The van der Waals surface area contributed by atoms with Gasteiger partial charge in [0.1, 0.15) is 30.1 Å². The zero-order chi connectivity index (χ0) is 17.8. The molecule has 1 aromatic heterocycles. The van der Waals surface area contributed by atoms with Gasteiger partial charge in [0.15, 0.2) is 0 Å². The van der Waals surface area contributed by atoms with E-state index in [2.05, 4.69) is 15.0 Å². The van der Waals surface area contributed by atoms with Crippen LogP contribution in [0.15, 0.2) is 24.3 Å². The average molecular weight is 344 g/mol. The van der Waals surface area contributed by atoms with Gasteiger partial charge in [-0.2, -0.15) is 5.10 Å². The summed E-state index contributed by atoms with van der Waals surface area (Å²) in [5, 5.41) is 14.8. The van der Waals surface area contributed by atoms with Crippen LogP contribution >= 0.6 is 0 Å². The molecular formula is C19H28N4O2. The molecule has 1 fully saturated rings. The highest BCUT2D eigenvalue weighted by atomic mass is 16.5. The van der Waals surface area contributed by atoms with Crippen LogP contribution in [0.25, 0.3) is 0 Å². The van der Waals surface area contributed by atoms with Crippen molar-refractivity contribution in [3.63, 3.8) is 0 Å². The molecule has 2 atom stereocenters. The van der Waals surface area contributed by atoms with Gasteiger partial charge in [-0.1, -0.05) is 17.7 Å². The van der Waals surface area contributed by atoms with Crippen molar-refractivity contribution in [2.24, 2.45) is 0 Å². The largest absolute Gasteiger partial charge is 0.491 e. The molecule has 0 bridgehead atoms. The fourth-order valence-electron chi connectivity index (χ4n) is 3.43. The van der Waals surface area contributed by atoms with E-state index in [1.807, 2.05) is 49.7 Å². The summed E-state index contributed by atoms with van der Waals surface area (Å²) in [7, 11) is 0. The minimum absolute atomic E-state index is 0.313. The quantitative estimate of drug-likeness (QED) is 0.833. The van der Waals surface area contributed by atoms with Gasteiger partial charge in [-0.3, -0.25) is 4.90 Å². The molecular weight excluding hydrogens is 316 g/mol. The van der Waals surface area contributed by atoms with E-state index in [1.165, 1.54) is 5.56 Å². The minimum Gasteiger partial charge on any atom is -0.491 e. The van der Waals surface area contributed by atoms with Gasteiger partial charge in [-0.05, 0) is 52.3 Å². The normalized spacial score (nSPS) is 19.3. The molecule has 0 unspecified atom stereocenters. The Morgan fingerprint density at radius 3 is 2.68 bits per heavy atom. The predicted octanol–water partition coefficient (Wildman–Crippen LogP) is 2.11. The third-order valence-corrected chi connectivity index (χ3v) is 4.75. The Bertz CT molecular complexity index is 683. The number of hydrogen-bond donors (Lipinski definition) is 1. The van der Waals surface area contributed by atoms with Crippen LogP contribution in [-0.2, 0) is 6.54 Å². The molecule has 0 aliphatic carbocycles. The first-order valence-corrected chi connectivity index (χ1v) is 9.01. The monoisotopic (exact) mass is 344 g/mol. The van der Waals surface area contributed by atoms with Crippen molar-refractivity contribution in [2.45, 2.75) is 52.3 Å². The topological polar surface area (TPSA) is 63.4 Å². The highest BCUT2D eigenvalue weighted by Gasteiger charge is 2.27. The van der Waals surface area contributed by atoms with Gasteiger partial charge in [-0.25, -0.2) is 9.67 Å². The molecule has 136 valence electrons. The van der Waals surface area contributed by atoms with Crippen LogP contribution in [0.2, 0.25) is 0 Å². The average Bonchev–Trinajstić information content (AvgIpc) is 3.13. The van der Waals surface area contributed by atoms with Gasteiger partial charge in [-0.15, -0.1) is 0 Å². The highest BCUT2D eigenvalue weighted by Crippen LogP contribution is 2.20. The maximum Gasteiger partial charge on any atom is 0.147 e. The lowest BCUT2D eigenvalue weighted by Gasteiger charge is -2.27. The second-order valence-corrected chi connectivity index (χ2v) is 6.96. The Hall–Kier alpha value is -1.92. The third-order valence-electron chi connectivity index (χ3n) is 4.75. The number of aromatic nitrogens is 3. The van der Waals surface area contributed by atoms with Crippen molar-refractivity contribution < 1.29 is 9.84 Å². The number of β-amino-alcohol motifs (C(OH)–C–C–N with tert-alkyl or cyclic N) is 1.